The molecular weight excluding hydrogens is 781 g/mol. The van der Waals surface area contributed by atoms with Crippen LogP contribution in [-0.2, 0) is 59.3 Å². The van der Waals surface area contributed by atoms with Gasteiger partial charge in [-0.2, -0.15) is 13.2 Å². The molecule has 3 aromatic carbocycles. The third kappa shape index (κ3) is 11.2. The van der Waals surface area contributed by atoms with Crippen molar-refractivity contribution in [3.63, 3.8) is 0 Å². The van der Waals surface area contributed by atoms with Crippen molar-refractivity contribution in [3.05, 3.63) is 128 Å². The number of hydrogen-bond donors (Lipinski definition) is 4. The molecule has 316 valence electrons. The van der Waals surface area contributed by atoms with E-state index in [0.29, 0.717) is 30.6 Å². The van der Waals surface area contributed by atoms with Crippen LogP contribution in [0.25, 0.3) is 11.1 Å². The van der Waals surface area contributed by atoms with Crippen LogP contribution >= 0.6 is 0 Å². The zero-order valence-corrected chi connectivity index (χ0v) is 32.3. The van der Waals surface area contributed by atoms with Crippen molar-refractivity contribution in [1.82, 2.24) is 14.4 Å². The first-order valence-corrected chi connectivity index (χ1v) is 19.3. The maximum Gasteiger partial charge on any atom is 0.416 e. The van der Waals surface area contributed by atoms with E-state index in [1.54, 1.807) is 6.07 Å². The van der Waals surface area contributed by atoms with Crippen LogP contribution in [0, 0.1) is 11.6 Å². The zero-order chi connectivity index (χ0) is 43.0. The summed E-state index contributed by atoms with van der Waals surface area (Å²) in [6.07, 6.45) is -4.72. The Kier molecular flexibility index (Phi) is 14.8. The van der Waals surface area contributed by atoms with Gasteiger partial charge in [-0.3, -0.25) is 9.59 Å². The normalized spacial score (nSPS) is 15.5. The van der Waals surface area contributed by atoms with Gasteiger partial charge in [0.15, 0.2) is 29.3 Å². The minimum absolute atomic E-state index is 0.00200. The number of halogens is 5. The molecule has 1 aliphatic carbocycles. The smallest absolute Gasteiger partial charge is 0.416 e. The summed E-state index contributed by atoms with van der Waals surface area (Å²) in [5.41, 5.74) is 3.96. The molecule has 59 heavy (non-hydrogen) atoms. The Labute approximate surface area is 336 Å². The highest BCUT2D eigenvalue weighted by Crippen LogP contribution is 2.31. The summed E-state index contributed by atoms with van der Waals surface area (Å²) in [5.74, 6) is -5.44. The summed E-state index contributed by atoms with van der Waals surface area (Å²) in [7, 11) is 0. The summed E-state index contributed by atoms with van der Waals surface area (Å²) >= 11 is 0. The Bertz CT molecular complexity index is 2150. The number of benzene rings is 3. The molecule has 2 unspecified atom stereocenters. The van der Waals surface area contributed by atoms with Gasteiger partial charge in [-0.05, 0) is 91.9 Å². The van der Waals surface area contributed by atoms with Crippen LogP contribution in [0.5, 0.6) is 0 Å². The average Bonchev–Trinajstić information content (AvgIpc) is 3.72. The third-order valence-corrected chi connectivity index (χ3v) is 10.9. The van der Waals surface area contributed by atoms with E-state index in [1.165, 1.54) is 24.3 Å². The molecule has 1 amide bonds. The predicted molar refractivity (Wildman–Crippen MR) is 206 cm³/mol. The second-order valence-electron chi connectivity index (χ2n) is 14.6. The number of fused-ring (bicyclic) bond motifs is 1. The van der Waals surface area contributed by atoms with Crippen LogP contribution < -0.4 is 5.43 Å². The SMILES string of the molecule is CCN1CCC(N(Cc2ccc(-c3ccc(C(F)(F)F)cc3)cc2)C(=O)Cn2c(CCc3cccc(F)c3F)cc(=O)c3c2CCC3)CC1.O=C(O)C(O)C(O)C(=O)O. The number of piperidine rings is 1. The number of aliphatic carboxylic acids is 2. The van der Waals surface area contributed by atoms with E-state index in [1.807, 2.05) is 33.7 Å². The fraction of sp³-hybridized carbons (Fsp3) is 0.395. The van der Waals surface area contributed by atoms with Gasteiger partial charge in [0.25, 0.3) is 0 Å². The molecule has 2 heterocycles. The van der Waals surface area contributed by atoms with Crippen LogP contribution in [0.2, 0.25) is 0 Å². The first-order chi connectivity index (χ1) is 28.0. The quantitative estimate of drug-likeness (QED) is 0.128. The van der Waals surface area contributed by atoms with Crippen LogP contribution in [0.3, 0.4) is 0 Å². The molecule has 4 aromatic rings. The second kappa shape index (κ2) is 19.5. The van der Waals surface area contributed by atoms with E-state index in [4.69, 9.17) is 20.4 Å². The number of rotatable bonds is 13. The number of nitrogens with zero attached hydrogens (tertiary/aromatic N) is 3. The van der Waals surface area contributed by atoms with Crippen molar-refractivity contribution < 1.29 is 56.8 Å². The van der Waals surface area contributed by atoms with Gasteiger partial charge in [-0.1, -0.05) is 55.5 Å². The summed E-state index contributed by atoms with van der Waals surface area (Å²) < 4.78 is 69.6. The molecule has 16 heteroatoms. The predicted octanol–water partition coefficient (Wildman–Crippen LogP) is 5.48. The van der Waals surface area contributed by atoms with Crippen LogP contribution in [0.1, 0.15) is 59.8 Å². The van der Waals surface area contributed by atoms with Crippen molar-refractivity contribution >= 4 is 17.8 Å². The topological polar surface area (TPSA) is 161 Å². The molecule has 11 nitrogen and oxygen atoms in total. The largest absolute Gasteiger partial charge is 0.479 e. The second-order valence-corrected chi connectivity index (χ2v) is 14.6. The summed E-state index contributed by atoms with van der Waals surface area (Å²) in [4.78, 5) is 51.3. The number of aromatic nitrogens is 1. The van der Waals surface area contributed by atoms with Gasteiger partial charge >= 0.3 is 18.1 Å². The first-order valence-electron chi connectivity index (χ1n) is 19.3. The van der Waals surface area contributed by atoms with Gasteiger partial charge < -0.3 is 34.8 Å². The minimum Gasteiger partial charge on any atom is -0.479 e. The van der Waals surface area contributed by atoms with Gasteiger partial charge in [0.1, 0.15) is 6.54 Å². The van der Waals surface area contributed by atoms with Gasteiger partial charge in [0.2, 0.25) is 5.91 Å². The number of likely N-dealkylation sites (tertiary alicyclic amines) is 1. The van der Waals surface area contributed by atoms with Crippen molar-refractivity contribution in [3.8, 4) is 11.1 Å². The Morgan fingerprint density at radius 1 is 0.847 bits per heavy atom. The molecule has 0 spiro atoms. The standard InChI is InChI=1S/C39H40F5N3O2.C4H6O6/c1-2-45-21-19-31(20-22-45)47(24-26-9-11-27(12-10-26)28-13-16-30(17-14-28)39(42,43)44)37(49)25-46-32(23-36(48)33-6-4-8-35(33)46)18-15-29-5-3-7-34(40)38(29)41;5-1(3(7)8)2(6)4(9)10/h3,5,7,9-14,16-17,23,31H,2,4,6,8,15,18-22,24-25H2,1H3;1-2,5-6H,(H,7,8)(H,9,10). The maximum absolute atomic E-state index is 14.5. The number of aliphatic hydroxyl groups excluding tert-OH is 2. The fourth-order valence-corrected chi connectivity index (χ4v) is 7.50. The van der Waals surface area contributed by atoms with E-state index < -0.39 is 47.5 Å². The van der Waals surface area contributed by atoms with E-state index >= 15 is 0 Å². The van der Waals surface area contributed by atoms with E-state index in [0.717, 1.165) is 79.5 Å². The molecule has 0 saturated carbocycles. The number of alkyl halides is 3. The van der Waals surface area contributed by atoms with Crippen LogP contribution in [-0.4, -0.2) is 90.5 Å². The van der Waals surface area contributed by atoms with Gasteiger partial charge in [-0.25, -0.2) is 18.4 Å². The Balaban J connectivity index is 0.000000586. The molecule has 1 saturated heterocycles. The molecule has 2 atom stereocenters. The molecule has 6 rings (SSSR count). The monoisotopic (exact) mass is 827 g/mol. The highest BCUT2D eigenvalue weighted by molar-refractivity contribution is 5.83. The number of pyridine rings is 1. The number of carbonyl (C=O) groups excluding carboxylic acids is 1. The zero-order valence-electron chi connectivity index (χ0n) is 32.3. The number of aryl methyl sites for hydroxylation is 2. The molecular formula is C43H46F5N3O8. The Morgan fingerprint density at radius 3 is 2.00 bits per heavy atom. The number of aliphatic hydroxyl groups is 2. The van der Waals surface area contributed by atoms with Gasteiger partial charge in [0, 0.05) is 48.7 Å². The Morgan fingerprint density at radius 2 is 1.44 bits per heavy atom. The average molecular weight is 828 g/mol. The van der Waals surface area contributed by atoms with E-state index in [2.05, 4.69) is 11.8 Å². The molecule has 2 aliphatic rings. The van der Waals surface area contributed by atoms with E-state index in [-0.39, 0.29) is 42.3 Å². The first kappa shape index (κ1) is 44.6. The minimum atomic E-state index is -4.40. The van der Waals surface area contributed by atoms with Crippen LogP contribution in [0.4, 0.5) is 22.0 Å². The van der Waals surface area contributed by atoms with Crippen molar-refractivity contribution in [2.45, 2.75) is 89.4 Å². The van der Waals surface area contributed by atoms with Gasteiger partial charge in [-0.15, -0.1) is 0 Å². The fourth-order valence-electron chi connectivity index (χ4n) is 7.50. The maximum atomic E-state index is 14.5. The van der Waals surface area contributed by atoms with E-state index in [9.17, 15) is 41.1 Å². The number of carboxylic acid groups (broad SMARTS) is 2. The molecule has 1 aliphatic heterocycles. The van der Waals surface area contributed by atoms with Crippen LogP contribution in [0.15, 0.2) is 77.6 Å². The molecule has 1 aromatic heterocycles. The number of carbonyl (C=O) groups is 3. The molecule has 4 N–H and O–H groups in total. The highest BCUT2D eigenvalue weighted by Gasteiger charge is 2.32. The lowest BCUT2D eigenvalue weighted by Gasteiger charge is -2.39. The number of amides is 1. The lowest BCUT2D eigenvalue weighted by atomic mass is 10.00. The number of carboxylic acids is 2. The Hall–Kier alpha value is -5.45. The lowest BCUT2D eigenvalue weighted by Crippen LogP contribution is -2.48. The van der Waals surface area contributed by atoms with Crippen molar-refractivity contribution in [1.29, 1.82) is 0 Å². The van der Waals surface area contributed by atoms with Crippen molar-refractivity contribution in [2.24, 2.45) is 0 Å². The highest BCUT2D eigenvalue weighted by atomic mass is 19.4. The summed E-state index contributed by atoms with van der Waals surface area (Å²) in [6, 6.07) is 18.2. The van der Waals surface area contributed by atoms with Crippen molar-refractivity contribution in [2.75, 3.05) is 19.6 Å². The number of hydrogen-bond acceptors (Lipinski definition) is 7. The third-order valence-electron chi connectivity index (χ3n) is 10.9. The summed E-state index contributed by atoms with van der Waals surface area (Å²) in [5, 5.41) is 32.5. The molecule has 0 radical (unpaired) electrons. The van der Waals surface area contributed by atoms with Gasteiger partial charge in [0.05, 0.1) is 5.56 Å². The lowest BCUT2D eigenvalue weighted by molar-refractivity contribution is -0.165. The molecule has 0 bridgehead atoms. The summed E-state index contributed by atoms with van der Waals surface area (Å²) in [6.45, 7) is 5.18. The molecule has 1 fully saturated rings.